The summed E-state index contributed by atoms with van der Waals surface area (Å²) < 4.78 is 5.08. The second-order valence-corrected chi connectivity index (χ2v) is 6.44. The number of nitrogens with one attached hydrogen (secondary N) is 2. The first kappa shape index (κ1) is 21.3. The molecule has 0 saturated carbocycles. The number of carboxylic acid groups (broad SMARTS) is 1. The van der Waals surface area contributed by atoms with Crippen molar-refractivity contribution >= 4 is 29.5 Å². The molecule has 0 atom stereocenters. The number of carbonyl (C=O) groups excluding carboxylic acids is 3. The third-order valence-corrected chi connectivity index (χ3v) is 4.35. The van der Waals surface area contributed by atoms with Crippen molar-refractivity contribution in [1.82, 2.24) is 5.32 Å². The van der Waals surface area contributed by atoms with E-state index in [0.717, 1.165) is 0 Å². The molecule has 0 heterocycles. The van der Waals surface area contributed by atoms with Crippen LogP contribution < -0.4 is 20.5 Å². The van der Waals surface area contributed by atoms with E-state index in [0.29, 0.717) is 16.9 Å². The molecule has 3 rings (SSSR count). The first-order chi connectivity index (χ1) is 15.0. The van der Waals surface area contributed by atoms with Crippen LogP contribution in [0.5, 0.6) is 5.75 Å². The number of carbonyl (C=O) groups is 3. The minimum atomic E-state index is -1.42. The van der Waals surface area contributed by atoms with Crippen molar-refractivity contribution in [3.05, 3.63) is 101 Å². The fourth-order valence-corrected chi connectivity index (χ4v) is 2.77. The van der Waals surface area contributed by atoms with Gasteiger partial charge in [-0.05, 0) is 42.0 Å². The summed E-state index contributed by atoms with van der Waals surface area (Å²) >= 11 is 0. The molecule has 7 heteroatoms. The summed E-state index contributed by atoms with van der Waals surface area (Å²) in [7, 11) is 1.52. The number of hydrogen-bond acceptors (Lipinski definition) is 5. The van der Waals surface area contributed by atoms with Crippen molar-refractivity contribution in [3.8, 4) is 5.75 Å². The van der Waals surface area contributed by atoms with E-state index >= 15 is 0 Å². The highest BCUT2D eigenvalue weighted by molar-refractivity contribution is 6.12. The number of ether oxygens (including phenoxy) is 1. The number of methoxy groups -OCH3 is 1. The van der Waals surface area contributed by atoms with Crippen LogP contribution in [0.3, 0.4) is 0 Å². The Morgan fingerprint density at radius 2 is 1.52 bits per heavy atom. The van der Waals surface area contributed by atoms with Crippen LogP contribution in [0, 0.1) is 0 Å². The number of anilines is 1. The third kappa shape index (κ3) is 5.57. The van der Waals surface area contributed by atoms with E-state index in [1.807, 2.05) is 6.07 Å². The predicted molar refractivity (Wildman–Crippen MR) is 114 cm³/mol. The van der Waals surface area contributed by atoms with Gasteiger partial charge in [0, 0.05) is 11.1 Å². The van der Waals surface area contributed by atoms with Gasteiger partial charge in [0.2, 0.25) is 0 Å². The molecule has 0 unspecified atom stereocenters. The summed E-state index contributed by atoms with van der Waals surface area (Å²) in [5, 5.41) is 16.4. The Morgan fingerprint density at radius 1 is 0.871 bits per heavy atom. The number of benzene rings is 3. The van der Waals surface area contributed by atoms with Crippen molar-refractivity contribution < 1.29 is 24.2 Å². The summed E-state index contributed by atoms with van der Waals surface area (Å²) in [6.07, 6.45) is 1.50. The average molecular weight is 415 g/mol. The van der Waals surface area contributed by atoms with Crippen LogP contribution in [-0.2, 0) is 4.79 Å². The van der Waals surface area contributed by atoms with E-state index in [2.05, 4.69) is 10.6 Å². The normalized spacial score (nSPS) is 10.8. The van der Waals surface area contributed by atoms with Gasteiger partial charge in [-0.2, -0.15) is 0 Å². The van der Waals surface area contributed by atoms with E-state index in [4.69, 9.17) is 4.74 Å². The number of hydrogen-bond donors (Lipinski definition) is 2. The standard InChI is InChI=1S/C24H20N2O5/c1-31-18-13-11-17(12-14-18)22(27)26-21(15-16-7-3-2-4-8-16)23(28)25-20-10-6-5-9-19(20)24(29)30/h2-15H,1H3,(H,25,28)(H,26,27)(H,29,30)/p-1/b21-15-. The Hall–Kier alpha value is -4.39. The molecule has 3 aromatic rings. The molecule has 0 fully saturated rings. The monoisotopic (exact) mass is 415 g/mol. The van der Waals surface area contributed by atoms with Gasteiger partial charge < -0.3 is 25.3 Å². The van der Waals surface area contributed by atoms with Crippen LogP contribution in [0.15, 0.2) is 84.6 Å². The Morgan fingerprint density at radius 3 is 2.16 bits per heavy atom. The molecule has 0 spiro atoms. The molecule has 0 aliphatic carbocycles. The lowest BCUT2D eigenvalue weighted by Gasteiger charge is -2.14. The quantitative estimate of drug-likeness (QED) is 0.577. The van der Waals surface area contributed by atoms with Gasteiger partial charge in [-0.3, -0.25) is 9.59 Å². The van der Waals surface area contributed by atoms with Gasteiger partial charge in [-0.1, -0.05) is 48.5 Å². The van der Waals surface area contributed by atoms with Gasteiger partial charge in [0.1, 0.15) is 11.4 Å². The molecule has 3 aromatic carbocycles. The number of amides is 2. The van der Waals surface area contributed by atoms with Crippen LogP contribution in [0.1, 0.15) is 26.3 Å². The number of carboxylic acids is 1. The molecule has 31 heavy (non-hydrogen) atoms. The van der Waals surface area contributed by atoms with E-state index in [-0.39, 0.29) is 16.9 Å². The van der Waals surface area contributed by atoms with Gasteiger partial charge in [0.05, 0.1) is 18.8 Å². The molecular weight excluding hydrogens is 396 g/mol. The summed E-state index contributed by atoms with van der Waals surface area (Å²) in [5.74, 6) is -2.02. The van der Waals surface area contributed by atoms with Crippen LogP contribution in [0.2, 0.25) is 0 Å². The highest BCUT2D eigenvalue weighted by Gasteiger charge is 2.16. The smallest absolute Gasteiger partial charge is 0.272 e. The molecule has 0 aliphatic rings. The minimum absolute atomic E-state index is 0.0554. The third-order valence-electron chi connectivity index (χ3n) is 4.35. The maximum Gasteiger partial charge on any atom is 0.272 e. The van der Waals surface area contributed by atoms with Crippen molar-refractivity contribution in [2.75, 3.05) is 12.4 Å². The molecule has 156 valence electrons. The van der Waals surface area contributed by atoms with Gasteiger partial charge in [-0.25, -0.2) is 0 Å². The number of aromatic carboxylic acids is 1. The maximum absolute atomic E-state index is 12.9. The summed E-state index contributed by atoms with van der Waals surface area (Å²) in [6, 6.07) is 21.2. The summed E-state index contributed by atoms with van der Waals surface area (Å²) in [6.45, 7) is 0. The molecule has 0 aliphatic heterocycles. The number of rotatable bonds is 7. The van der Waals surface area contributed by atoms with Gasteiger partial charge in [-0.15, -0.1) is 0 Å². The molecule has 0 radical (unpaired) electrons. The van der Waals surface area contributed by atoms with E-state index in [1.54, 1.807) is 54.6 Å². The second kappa shape index (κ2) is 9.89. The predicted octanol–water partition coefficient (Wildman–Crippen LogP) is 2.47. The maximum atomic E-state index is 12.9. The largest absolute Gasteiger partial charge is 0.545 e. The van der Waals surface area contributed by atoms with E-state index < -0.39 is 17.8 Å². The summed E-state index contributed by atoms with van der Waals surface area (Å²) in [4.78, 5) is 37.0. The second-order valence-electron chi connectivity index (χ2n) is 6.44. The number of para-hydroxylation sites is 1. The molecular formula is C24H19N2O5-. The molecule has 0 saturated heterocycles. The van der Waals surface area contributed by atoms with Crippen LogP contribution in [0.4, 0.5) is 5.69 Å². The van der Waals surface area contributed by atoms with E-state index in [1.165, 1.54) is 31.4 Å². The topological polar surface area (TPSA) is 108 Å². The van der Waals surface area contributed by atoms with Crippen molar-refractivity contribution in [2.45, 2.75) is 0 Å². The van der Waals surface area contributed by atoms with Gasteiger partial charge >= 0.3 is 0 Å². The van der Waals surface area contributed by atoms with Crippen molar-refractivity contribution in [1.29, 1.82) is 0 Å². The lowest BCUT2D eigenvalue weighted by Crippen LogP contribution is -2.31. The van der Waals surface area contributed by atoms with Gasteiger partial charge in [0.25, 0.3) is 11.8 Å². The van der Waals surface area contributed by atoms with Gasteiger partial charge in [0.15, 0.2) is 0 Å². The fraction of sp³-hybridized carbons (Fsp3) is 0.0417. The Bertz CT molecular complexity index is 1120. The molecule has 2 N–H and O–H groups in total. The first-order valence-electron chi connectivity index (χ1n) is 9.32. The van der Waals surface area contributed by atoms with E-state index in [9.17, 15) is 19.5 Å². The average Bonchev–Trinajstić information content (AvgIpc) is 2.79. The van der Waals surface area contributed by atoms with Crippen molar-refractivity contribution in [3.63, 3.8) is 0 Å². The fourth-order valence-electron chi connectivity index (χ4n) is 2.77. The molecule has 0 aromatic heterocycles. The molecule has 2 amide bonds. The zero-order chi connectivity index (χ0) is 22.2. The molecule has 0 bridgehead atoms. The van der Waals surface area contributed by atoms with Crippen LogP contribution >= 0.6 is 0 Å². The lowest BCUT2D eigenvalue weighted by atomic mass is 10.1. The Labute approximate surface area is 179 Å². The first-order valence-corrected chi connectivity index (χ1v) is 9.32. The Balaban J connectivity index is 1.89. The lowest BCUT2D eigenvalue weighted by molar-refractivity contribution is -0.254. The summed E-state index contributed by atoms with van der Waals surface area (Å²) in [5.41, 5.74) is 0.834. The Kier molecular flexibility index (Phi) is 6.80. The highest BCUT2D eigenvalue weighted by atomic mass is 16.5. The zero-order valence-corrected chi connectivity index (χ0v) is 16.6. The van der Waals surface area contributed by atoms with Crippen LogP contribution in [-0.4, -0.2) is 24.9 Å². The van der Waals surface area contributed by atoms with Crippen molar-refractivity contribution in [2.24, 2.45) is 0 Å². The van der Waals surface area contributed by atoms with Crippen LogP contribution in [0.25, 0.3) is 6.08 Å². The minimum Gasteiger partial charge on any atom is -0.545 e. The highest BCUT2D eigenvalue weighted by Crippen LogP contribution is 2.17. The SMILES string of the molecule is COc1ccc(C(=O)N/C(=C\c2ccccc2)C(=O)Nc2ccccc2C(=O)[O-])cc1. The zero-order valence-electron chi connectivity index (χ0n) is 16.6. The molecule has 7 nitrogen and oxygen atoms in total.